The van der Waals surface area contributed by atoms with Gasteiger partial charge in [0, 0.05) is 19.1 Å². The fraction of sp³-hybridized carbons (Fsp3) is 0.909. The van der Waals surface area contributed by atoms with Gasteiger partial charge in [-0.15, -0.1) is 24.8 Å². The Morgan fingerprint density at radius 2 is 2.10 bits per heavy atom. The second kappa shape index (κ2) is 9.07. The summed E-state index contributed by atoms with van der Waals surface area (Å²) in [6, 6.07) is 0.0679. The first-order chi connectivity index (χ1) is 8.59. The molecule has 2 fully saturated rings. The van der Waals surface area contributed by atoms with Gasteiger partial charge in [0.05, 0.1) is 12.0 Å². The topological polar surface area (TPSA) is 84.8 Å². The molecule has 2 aliphatic heterocycles. The molecule has 0 aromatic heterocycles. The minimum atomic E-state index is -1.43. The summed E-state index contributed by atoms with van der Waals surface area (Å²) in [4.78, 5) is 13.9. The summed E-state index contributed by atoms with van der Waals surface area (Å²) in [5.74, 6) is -0.471. The molecule has 3 atom stereocenters. The molecule has 118 valence electrons. The third-order valence-corrected chi connectivity index (χ3v) is 3.84. The molecule has 9 heteroatoms. The number of hydrogen-bond acceptors (Lipinski definition) is 5. The average molecular weight is 328 g/mol. The van der Waals surface area contributed by atoms with Gasteiger partial charge >= 0.3 is 7.12 Å². The van der Waals surface area contributed by atoms with Gasteiger partial charge in [0.2, 0.25) is 5.91 Å². The van der Waals surface area contributed by atoms with Crippen molar-refractivity contribution in [3.63, 3.8) is 0 Å². The van der Waals surface area contributed by atoms with E-state index in [1.54, 1.807) is 4.90 Å². The smallest absolute Gasteiger partial charge is 0.426 e. The van der Waals surface area contributed by atoms with Crippen LogP contribution in [-0.4, -0.2) is 65.6 Å². The fourth-order valence-corrected chi connectivity index (χ4v) is 2.85. The summed E-state index contributed by atoms with van der Waals surface area (Å²) >= 11 is 0. The zero-order valence-electron chi connectivity index (χ0n) is 11.6. The number of nitrogens with zero attached hydrogens (tertiary/aromatic N) is 1. The lowest BCUT2D eigenvalue weighted by Crippen LogP contribution is -2.53. The normalized spacial score (nSPS) is 26.6. The molecule has 1 amide bonds. The second-order valence-electron chi connectivity index (χ2n) is 5.23. The Morgan fingerprint density at radius 1 is 1.40 bits per heavy atom. The van der Waals surface area contributed by atoms with Crippen LogP contribution in [0.25, 0.3) is 0 Å². The quantitative estimate of drug-likeness (QED) is 0.507. The van der Waals surface area contributed by atoms with Gasteiger partial charge in [0.25, 0.3) is 0 Å². The van der Waals surface area contributed by atoms with E-state index >= 15 is 0 Å². The van der Waals surface area contributed by atoms with Crippen LogP contribution < -0.4 is 10.6 Å². The van der Waals surface area contributed by atoms with E-state index in [0.29, 0.717) is 19.0 Å². The molecule has 6 nitrogen and oxygen atoms in total. The molecule has 0 bridgehead atoms. The fourth-order valence-electron chi connectivity index (χ4n) is 2.85. The van der Waals surface area contributed by atoms with Crippen LogP contribution in [0.4, 0.5) is 0 Å². The molecule has 2 aliphatic rings. The van der Waals surface area contributed by atoms with E-state index in [9.17, 15) is 14.8 Å². The number of halogens is 2. The molecule has 0 radical (unpaired) electrons. The van der Waals surface area contributed by atoms with Crippen LogP contribution in [0.2, 0.25) is 0 Å². The predicted octanol–water partition coefficient (Wildman–Crippen LogP) is -0.827. The van der Waals surface area contributed by atoms with E-state index in [4.69, 9.17) is 0 Å². The molecule has 2 rings (SSSR count). The molecule has 2 saturated heterocycles. The van der Waals surface area contributed by atoms with Crippen molar-refractivity contribution in [2.45, 2.75) is 44.2 Å². The second-order valence-corrected chi connectivity index (χ2v) is 5.23. The van der Waals surface area contributed by atoms with Gasteiger partial charge in [-0.3, -0.25) is 4.79 Å². The van der Waals surface area contributed by atoms with E-state index < -0.39 is 13.1 Å². The zero-order valence-corrected chi connectivity index (χ0v) is 13.3. The first-order valence-corrected chi connectivity index (χ1v) is 6.73. The Kier molecular flexibility index (Phi) is 9.05. The highest BCUT2D eigenvalue weighted by Crippen LogP contribution is 2.19. The molecular formula is C11H24BCl2N3O3. The van der Waals surface area contributed by atoms with Crippen LogP contribution in [0.15, 0.2) is 0 Å². The maximum Gasteiger partial charge on any atom is 0.475 e. The lowest BCUT2D eigenvalue weighted by Gasteiger charge is -2.28. The molecule has 1 unspecified atom stereocenters. The minimum Gasteiger partial charge on any atom is -0.426 e. The van der Waals surface area contributed by atoms with Crippen molar-refractivity contribution in [1.82, 2.24) is 15.5 Å². The molecule has 4 N–H and O–H groups in total. The van der Waals surface area contributed by atoms with Crippen molar-refractivity contribution in [3.8, 4) is 0 Å². The largest absolute Gasteiger partial charge is 0.475 e. The summed E-state index contributed by atoms with van der Waals surface area (Å²) in [6.45, 7) is 4.35. The number of nitrogens with one attached hydrogen (secondary N) is 2. The number of hydrogen-bond donors (Lipinski definition) is 4. The minimum absolute atomic E-state index is 0. The Bertz CT molecular complexity index is 307. The third-order valence-electron chi connectivity index (χ3n) is 3.84. The lowest BCUT2D eigenvalue weighted by atomic mass is 9.78. The molecular weight excluding hydrogens is 304 g/mol. The Hall–Kier alpha value is -0.0451. The monoisotopic (exact) mass is 327 g/mol. The van der Waals surface area contributed by atoms with Crippen LogP contribution in [-0.2, 0) is 4.79 Å². The van der Waals surface area contributed by atoms with Crippen LogP contribution in [0.5, 0.6) is 0 Å². The van der Waals surface area contributed by atoms with Crippen LogP contribution in [0.3, 0.4) is 0 Å². The van der Waals surface area contributed by atoms with Gasteiger partial charge in [-0.25, -0.2) is 0 Å². The molecule has 0 aliphatic carbocycles. The maximum absolute atomic E-state index is 12.3. The Labute approximate surface area is 132 Å². The molecule has 20 heavy (non-hydrogen) atoms. The molecule has 0 saturated carbocycles. The SMILES string of the molecule is C[C@H](NC1CCNC1)C(=O)N1CCC[C@H]1B(O)O.Cl.Cl. The van der Waals surface area contributed by atoms with E-state index in [1.807, 2.05) is 6.92 Å². The summed E-state index contributed by atoms with van der Waals surface area (Å²) in [5, 5.41) is 25.1. The zero-order chi connectivity index (χ0) is 13.1. The highest BCUT2D eigenvalue weighted by Gasteiger charge is 2.38. The van der Waals surface area contributed by atoms with Crippen molar-refractivity contribution in [1.29, 1.82) is 0 Å². The Balaban J connectivity index is 0.00000180. The van der Waals surface area contributed by atoms with Gasteiger partial charge in [-0.05, 0) is 32.7 Å². The van der Waals surface area contributed by atoms with Crippen molar-refractivity contribution < 1.29 is 14.8 Å². The molecule has 0 aromatic carbocycles. The summed E-state index contributed by atoms with van der Waals surface area (Å²) < 4.78 is 0. The lowest BCUT2D eigenvalue weighted by molar-refractivity contribution is -0.133. The van der Waals surface area contributed by atoms with E-state index in [1.165, 1.54) is 0 Å². The van der Waals surface area contributed by atoms with Crippen LogP contribution in [0.1, 0.15) is 26.2 Å². The highest BCUT2D eigenvalue weighted by molar-refractivity contribution is 6.43. The standard InChI is InChI=1S/C11H22BN3O3.2ClH/c1-8(14-9-4-5-13-7-9)11(16)15-6-2-3-10(15)12(17)18;;/h8-10,13-14,17-18H,2-7H2,1H3;2*1H/t8-,9?,10-;;/m0../s1. The summed E-state index contributed by atoms with van der Waals surface area (Å²) in [7, 11) is -1.43. The first kappa shape index (κ1) is 20.0. The third kappa shape index (κ3) is 4.75. The van der Waals surface area contributed by atoms with Crippen molar-refractivity contribution >= 4 is 37.8 Å². The van der Waals surface area contributed by atoms with Gasteiger partial charge in [0.1, 0.15) is 0 Å². The van der Waals surface area contributed by atoms with Crippen molar-refractivity contribution in [2.24, 2.45) is 0 Å². The van der Waals surface area contributed by atoms with E-state index in [2.05, 4.69) is 10.6 Å². The Morgan fingerprint density at radius 3 is 2.65 bits per heavy atom. The van der Waals surface area contributed by atoms with E-state index in [-0.39, 0.29) is 36.8 Å². The predicted molar refractivity (Wildman–Crippen MR) is 83.3 cm³/mol. The first-order valence-electron chi connectivity index (χ1n) is 6.73. The summed E-state index contributed by atoms with van der Waals surface area (Å²) in [6.07, 6.45) is 2.54. The summed E-state index contributed by atoms with van der Waals surface area (Å²) in [5.41, 5.74) is 0. The number of carbonyl (C=O) groups excluding carboxylic acids is 1. The highest BCUT2D eigenvalue weighted by atomic mass is 35.5. The number of likely N-dealkylation sites (tertiary alicyclic amines) is 1. The van der Waals surface area contributed by atoms with Gasteiger partial charge in [-0.2, -0.15) is 0 Å². The van der Waals surface area contributed by atoms with Crippen LogP contribution >= 0.6 is 24.8 Å². The van der Waals surface area contributed by atoms with Gasteiger partial charge in [0.15, 0.2) is 0 Å². The van der Waals surface area contributed by atoms with Crippen molar-refractivity contribution in [3.05, 3.63) is 0 Å². The van der Waals surface area contributed by atoms with Gasteiger partial charge in [-0.1, -0.05) is 0 Å². The molecule has 0 spiro atoms. The molecule has 0 aromatic rings. The number of rotatable bonds is 4. The average Bonchev–Trinajstić information content (AvgIpc) is 2.97. The maximum atomic E-state index is 12.3. The number of carbonyl (C=O) groups is 1. The van der Waals surface area contributed by atoms with Gasteiger partial charge < -0.3 is 25.6 Å². The molecule has 2 heterocycles. The van der Waals surface area contributed by atoms with Crippen LogP contribution in [0, 0.1) is 0 Å². The van der Waals surface area contributed by atoms with Crippen molar-refractivity contribution in [2.75, 3.05) is 19.6 Å². The number of amides is 1. The van der Waals surface area contributed by atoms with E-state index in [0.717, 1.165) is 25.9 Å².